The second kappa shape index (κ2) is 9.64. The van der Waals surface area contributed by atoms with E-state index >= 15 is 0 Å². The van der Waals surface area contributed by atoms with Gasteiger partial charge in [0.2, 0.25) is 0 Å². The first-order chi connectivity index (χ1) is 9.71. The van der Waals surface area contributed by atoms with Crippen LogP contribution in [0, 0.1) is 0 Å². The van der Waals surface area contributed by atoms with Gasteiger partial charge in [0.15, 0.2) is 11.5 Å². The van der Waals surface area contributed by atoms with Crippen LogP contribution in [0.5, 0.6) is 11.5 Å². The topological polar surface area (TPSA) is 39.7 Å². The number of benzene rings is 1. The van der Waals surface area contributed by atoms with Gasteiger partial charge in [0.1, 0.15) is 6.61 Å². The summed E-state index contributed by atoms with van der Waals surface area (Å²) >= 11 is 5.63. The van der Waals surface area contributed by atoms with Gasteiger partial charge in [-0.1, -0.05) is 17.7 Å². The molecule has 20 heavy (non-hydrogen) atoms. The summed E-state index contributed by atoms with van der Waals surface area (Å²) < 4.78 is 16.0. The zero-order chi connectivity index (χ0) is 14.8. The summed E-state index contributed by atoms with van der Waals surface area (Å²) in [5.74, 6) is 1.43. The summed E-state index contributed by atoms with van der Waals surface area (Å²) in [6, 6.07) is 5.89. The van der Waals surface area contributed by atoms with Crippen molar-refractivity contribution in [3.63, 3.8) is 0 Å². The number of hydrogen-bond acceptors (Lipinski definition) is 4. The van der Waals surface area contributed by atoms with E-state index in [2.05, 4.69) is 5.32 Å². The number of ether oxygens (including phenoxy) is 3. The van der Waals surface area contributed by atoms with Crippen molar-refractivity contribution in [1.29, 1.82) is 0 Å². The molecule has 0 saturated heterocycles. The third-order valence-electron chi connectivity index (χ3n) is 2.68. The molecule has 4 nitrogen and oxygen atoms in total. The molecule has 1 rings (SSSR count). The molecular formula is C15H22ClNO3. The van der Waals surface area contributed by atoms with Crippen molar-refractivity contribution in [1.82, 2.24) is 5.32 Å². The van der Waals surface area contributed by atoms with Crippen molar-refractivity contribution < 1.29 is 14.2 Å². The molecule has 0 bridgehead atoms. The molecule has 0 aromatic heterocycles. The van der Waals surface area contributed by atoms with Crippen LogP contribution in [0.25, 0.3) is 0 Å². The van der Waals surface area contributed by atoms with E-state index < -0.39 is 0 Å². The maximum absolute atomic E-state index is 5.72. The monoisotopic (exact) mass is 299 g/mol. The first-order valence-electron chi connectivity index (χ1n) is 6.46. The molecule has 0 heterocycles. The molecule has 0 amide bonds. The Balaban J connectivity index is 2.65. The smallest absolute Gasteiger partial charge is 0.161 e. The normalized spacial score (nSPS) is 11.5. The highest BCUT2D eigenvalue weighted by Gasteiger charge is 2.06. The Morgan fingerprint density at radius 2 is 2.10 bits per heavy atom. The molecule has 0 fully saturated rings. The van der Waals surface area contributed by atoms with E-state index in [0.717, 1.165) is 30.0 Å². The van der Waals surface area contributed by atoms with Crippen molar-refractivity contribution in [2.75, 3.05) is 34.0 Å². The molecule has 1 aromatic rings. The molecule has 0 aliphatic heterocycles. The molecule has 0 unspecified atom stereocenters. The van der Waals surface area contributed by atoms with E-state index in [1.54, 1.807) is 14.2 Å². The summed E-state index contributed by atoms with van der Waals surface area (Å²) in [4.78, 5) is 0. The summed E-state index contributed by atoms with van der Waals surface area (Å²) in [7, 11) is 3.32. The summed E-state index contributed by atoms with van der Waals surface area (Å²) in [6.45, 7) is 4.62. The van der Waals surface area contributed by atoms with E-state index in [-0.39, 0.29) is 0 Å². The maximum atomic E-state index is 5.72. The molecule has 0 saturated carbocycles. The fourth-order valence-electron chi connectivity index (χ4n) is 1.57. The maximum Gasteiger partial charge on any atom is 0.161 e. The Morgan fingerprint density at radius 3 is 2.75 bits per heavy atom. The summed E-state index contributed by atoms with van der Waals surface area (Å²) in [5.41, 5.74) is 3.60. The van der Waals surface area contributed by atoms with Crippen molar-refractivity contribution in [2.24, 2.45) is 0 Å². The fraction of sp³-hybridized carbons (Fsp3) is 0.467. The Bertz CT molecular complexity index is 435. The minimum absolute atomic E-state index is 0.445. The van der Waals surface area contributed by atoms with Gasteiger partial charge in [0.25, 0.3) is 0 Å². The molecular weight excluding hydrogens is 278 g/mol. The average molecular weight is 300 g/mol. The zero-order valence-corrected chi connectivity index (χ0v) is 13.0. The van der Waals surface area contributed by atoms with Crippen LogP contribution >= 0.6 is 11.6 Å². The Kier molecular flexibility index (Phi) is 8.11. The zero-order valence-electron chi connectivity index (χ0n) is 12.2. The van der Waals surface area contributed by atoms with Gasteiger partial charge >= 0.3 is 0 Å². The van der Waals surface area contributed by atoms with Crippen LogP contribution < -0.4 is 14.8 Å². The van der Waals surface area contributed by atoms with Crippen molar-refractivity contribution in [2.45, 2.75) is 13.5 Å². The third kappa shape index (κ3) is 5.82. The molecule has 5 heteroatoms. The van der Waals surface area contributed by atoms with Gasteiger partial charge in [0, 0.05) is 25.7 Å². The lowest BCUT2D eigenvalue weighted by atomic mass is 10.2. The number of hydrogen-bond donors (Lipinski definition) is 1. The van der Waals surface area contributed by atoms with Crippen LogP contribution in [0.3, 0.4) is 0 Å². The van der Waals surface area contributed by atoms with Crippen LogP contribution in [-0.4, -0.2) is 34.0 Å². The highest BCUT2D eigenvalue weighted by Crippen LogP contribution is 2.28. The van der Waals surface area contributed by atoms with Gasteiger partial charge in [-0.15, -0.1) is 0 Å². The number of rotatable bonds is 9. The minimum Gasteiger partial charge on any atom is -0.493 e. The second-order valence-electron chi connectivity index (χ2n) is 4.40. The SMILES string of the molecule is COCCNCc1ccc(OC)c(OC/C(C)=C/Cl)c1. The van der Waals surface area contributed by atoms with Crippen LogP contribution in [0.2, 0.25) is 0 Å². The van der Waals surface area contributed by atoms with E-state index in [9.17, 15) is 0 Å². The lowest BCUT2D eigenvalue weighted by Gasteiger charge is -2.13. The number of methoxy groups -OCH3 is 2. The fourth-order valence-corrected chi connectivity index (χ4v) is 1.64. The van der Waals surface area contributed by atoms with Gasteiger partial charge in [-0.05, 0) is 30.2 Å². The Labute approximate surface area is 125 Å². The van der Waals surface area contributed by atoms with Gasteiger partial charge in [-0.25, -0.2) is 0 Å². The second-order valence-corrected chi connectivity index (χ2v) is 4.62. The summed E-state index contributed by atoms with van der Waals surface area (Å²) in [5, 5.41) is 3.29. The van der Waals surface area contributed by atoms with E-state index in [1.807, 2.05) is 25.1 Å². The van der Waals surface area contributed by atoms with E-state index in [0.29, 0.717) is 19.0 Å². The first-order valence-corrected chi connectivity index (χ1v) is 6.90. The summed E-state index contributed by atoms with van der Waals surface area (Å²) in [6.07, 6.45) is 0. The Morgan fingerprint density at radius 1 is 1.30 bits per heavy atom. The molecule has 0 aliphatic carbocycles. The third-order valence-corrected chi connectivity index (χ3v) is 3.05. The molecule has 112 valence electrons. The Hall–Kier alpha value is -1.23. The lowest BCUT2D eigenvalue weighted by Crippen LogP contribution is -2.18. The standard InChI is InChI=1S/C15H22ClNO3/c1-12(9-16)11-20-15-8-13(4-5-14(15)19-3)10-17-6-7-18-2/h4-5,8-9,17H,6-7,10-11H2,1-3H3/b12-9+. The van der Waals surface area contributed by atoms with Gasteiger partial charge in [-0.2, -0.15) is 0 Å². The highest BCUT2D eigenvalue weighted by atomic mass is 35.5. The van der Waals surface area contributed by atoms with Gasteiger partial charge in [0.05, 0.1) is 13.7 Å². The molecule has 0 spiro atoms. The van der Waals surface area contributed by atoms with Gasteiger partial charge < -0.3 is 19.5 Å². The molecule has 0 radical (unpaired) electrons. The average Bonchev–Trinajstić information content (AvgIpc) is 2.49. The molecule has 1 aromatic carbocycles. The van der Waals surface area contributed by atoms with Crippen molar-refractivity contribution >= 4 is 11.6 Å². The molecule has 1 N–H and O–H groups in total. The van der Waals surface area contributed by atoms with E-state index in [4.69, 9.17) is 25.8 Å². The predicted octanol–water partition coefficient (Wildman–Crippen LogP) is 2.95. The van der Waals surface area contributed by atoms with Gasteiger partial charge in [-0.3, -0.25) is 0 Å². The minimum atomic E-state index is 0.445. The first kappa shape index (κ1) is 16.8. The largest absolute Gasteiger partial charge is 0.493 e. The molecule has 0 aliphatic rings. The quantitative estimate of drug-likeness (QED) is 0.712. The van der Waals surface area contributed by atoms with Crippen LogP contribution in [-0.2, 0) is 11.3 Å². The van der Waals surface area contributed by atoms with Crippen molar-refractivity contribution in [3.8, 4) is 11.5 Å². The lowest BCUT2D eigenvalue weighted by molar-refractivity contribution is 0.199. The van der Waals surface area contributed by atoms with Crippen LogP contribution in [0.4, 0.5) is 0 Å². The predicted molar refractivity (Wildman–Crippen MR) is 81.7 cm³/mol. The van der Waals surface area contributed by atoms with Crippen LogP contribution in [0.1, 0.15) is 12.5 Å². The molecule has 0 atom stereocenters. The number of nitrogens with one attached hydrogen (secondary N) is 1. The van der Waals surface area contributed by atoms with E-state index in [1.165, 1.54) is 5.54 Å². The van der Waals surface area contributed by atoms with Crippen LogP contribution in [0.15, 0.2) is 29.3 Å². The number of halogens is 1. The van der Waals surface area contributed by atoms with Crippen molar-refractivity contribution in [3.05, 3.63) is 34.9 Å². The highest BCUT2D eigenvalue weighted by molar-refractivity contribution is 6.25.